The van der Waals surface area contributed by atoms with Crippen LogP contribution in [0.4, 0.5) is 5.69 Å². The number of halogens is 2. The molecule has 2 rings (SSSR count). The van der Waals surface area contributed by atoms with Crippen LogP contribution in [-0.2, 0) is 5.88 Å². The van der Waals surface area contributed by atoms with Gasteiger partial charge in [-0.2, -0.15) is 0 Å². The molecule has 100 valence electrons. The van der Waals surface area contributed by atoms with E-state index in [4.69, 9.17) is 23.2 Å². The van der Waals surface area contributed by atoms with Gasteiger partial charge in [-0.05, 0) is 36.5 Å². The molecule has 1 aliphatic heterocycles. The number of anilines is 1. The van der Waals surface area contributed by atoms with Gasteiger partial charge in [0, 0.05) is 29.7 Å². The molecule has 1 heterocycles. The molecule has 0 aliphatic carbocycles. The van der Waals surface area contributed by atoms with Gasteiger partial charge < -0.3 is 4.90 Å². The first-order valence-electron chi connectivity index (χ1n) is 6.84. The van der Waals surface area contributed by atoms with E-state index in [1.54, 1.807) is 0 Å². The first kappa shape index (κ1) is 14.0. The summed E-state index contributed by atoms with van der Waals surface area (Å²) in [4.78, 5) is 2.44. The molecule has 0 unspecified atom stereocenters. The van der Waals surface area contributed by atoms with Gasteiger partial charge in [0.15, 0.2) is 0 Å². The highest BCUT2D eigenvalue weighted by atomic mass is 35.5. The minimum absolute atomic E-state index is 0.484. The lowest BCUT2D eigenvalue weighted by Crippen LogP contribution is -2.33. The summed E-state index contributed by atoms with van der Waals surface area (Å²) in [6, 6.07) is 6.24. The van der Waals surface area contributed by atoms with E-state index in [9.17, 15) is 0 Å². The van der Waals surface area contributed by atoms with Crippen molar-refractivity contribution in [2.24, 2.45) is 5.92 Å². The molecule has 0 atom stereocenters. The van der Waals surface area contributed by atoms with Crippen molar-refractivity contribution < 1.29 is 0 Å². The van der Waals surface area contributed by atoms with Crippen molar-refractivity contribution >= 4 is 28.9 Å². The average Bonchev–Trinajstić information content (AvgIpc) is 2.40. The zero-order chi connectivity index (χ0) is 13.0. The van der Waals surface area contributed by atoms with Crippen molar-refractivity contribution in [3.8, 4) is 0 Å². The highest BCUT2D eigenvalue weighted by molar-refractivity contribution is 6.32. The fourth-order valence-corrected chi connectivity index (χ4v) is 3.27. The van der Waals surface area contributed by atoms with E-state index in [0.717, 1.165) is 29.6 Å². The second-order valence-corrected chi connectivity index (χ2v) is 5.80. The predicted molar refractivity (Wildman–Crippen MR) is 80.9 cm³/mol. The molecular weight excluding hydrogens is 265 g/mol. The van der Waals surface area contributed by atoms with Crippen LogP contribution in [0.15, 0.2) is 18.2 Å². The molecule has 0 saturated carbocycles. The van der Waals surface area contributed by atoms with E-state index in [-0.39, 0.29) is 0 Å². The zero-order valence-electron chi connectivity index (χ0n) is 11.0. The van der Waals surface area contributed by atoms with E-state index in [1.807, 2.05) is 6.07 Å². The van der Waals surface area contributed by atoms with Crippen molar-refractivity contribution in [1.29, 1.82) is 0 Å². The van der Waals surface area contributed by atoms with E-state index >= 15 is 0 Å². The molecule has 1 aromatic rings. The Labute approximate surface area is 120 Å². The minimum atomic E-state index is 0.484. The van der Waals surface area contributed by atoms with E-state index in [0.29, 0.717) is 5.88 Å². The third-order valence-corrected chi connectivity index (χ3v) is 4.50. The molecule has 1 saturated heterocycles. The van der Waals surface area contributed by atoms with Crippen LogP contribution in [0.2, 0.25) is 5.02 Å². The molecule has 0 N–H and O–H groups in total. The zero-order valence-corrected chi connectivity index (χ0v) is 12.5. The van der Waals surface area contributed by atoms with Crippen LogP contribution >= 0.6 is 23.2 Å². The SMILES string of the molecule is CCCC1CCN(c2ccc(CCl)c(Cl)c2)CC1. The molecule has 18 heavy (non-hydrogen) atoms. The Morgan fingerprint density at radius 2 is 2.00 bits per heavy atom. The Morgan fingerprint density at radius 1 is 1.28 bits per heavy atom. The first-order chi connectivity index (χ1) is 8.74. The van der Waals surface area contributed by atoms with E-state index in [1.165, 1.54) is 31.4 Å². The van der Waals surface area contributed by atoms with Crippen LogP contribution in [0.3, 0.4) is 0 Å². The summed E-state index contributed by atoms with van der Waals surface area (Å²) in [6.45, 7) is 4.58. The van der Waals surface area contributed by atoms with Crippen molar-refractivity contribution in [3.63, 3.8) is 0 Å². The Bertz CT molecular complexity index is 384. The standard InChI is InChI=1S/C15H21Cl2N/c1-2-3-12-6-8-18(9-7-12)14-5-4-13(11-16)15(17)10-14/h4-5,10,12H,2-3,6-9,11H2,1H3. The predicted octanol–water partition coefficient (Wildman–Crippen LogP) is 5.10. The van der Waals surface area contributed by atoms with Crippen LogP contribution < -0.4 is 4.90 Å². The van der Waals surface area contributed by atoms with Crippen LogP contribution in [0, 0.1) is 5.92 Å². The smallest absolute Gasteiger partial charge is 0.0488 e. The largest absolute Gasteiger partial charge is 0.371 e. The highest BCUT2D eigenvalue weighted by Gasteiger charge is 2.19. The Hall–Kier alpha value is -0.400. The summed E-state index contributed by atoms with van der Waals surface area (Å²) in [6.07, 6.45) is 5.30. The monoisotopic (exact) mass is 285 g/mol. The van der Waals surface area contributed by atoms with Gasteiger partial charge in [-0.1, -0.05) is 37.4 Å². The van der Waals surface area contributed by atoms with Crippen LogP contribution in [0.25, 0.3) is 0 Å². The Kier molecular flexibility index (Phi) is 5.20. The molecule has 1 fully saturated rings. The van der Waals surface area contributed by atoms with Gasteiger partial charge in [-0.3, -0.25) is 0 Å². The van der Waals surface area contributed by atoms with Gasteiger partial charge in [0.2, 0.25) is 0 Å². The normalized spacial score (nSPS) is 17.2. The summed E-state index contributed by atoms with van der Waals surface area (Å²) in [5, 5.41) is 0.790. The highest BCUT2D eigenvalue weighted by Crippen LogP contribution is 2.29. The minimum Gasteiger partial charge on any atom is -0.371 e. The number of hydrogen-bond donors (Lipinski definition) is 0. The summed E-state index contributed by atoms with van der Waals surface area (Å²) in [7, 11) is 0. The lowest BCUT2D eigenvalue weighted by Gasteiger charge is -2.33. The maximum atomic E-state index is 6.22. The third kappa shape index (κ3) is 3.33. The second-order valence-electron chi connectivity index (χ2n) is 5.13. The lowest BCUT2D eigenvalue weighted by molar-refractivity contribution is 0.378. The molecule has 1 aromatic carbocycles. The van der Waals surface area contributed by atoms with Crippen LogP contribution in [0.1, 0.15) is 38.2 Å². The summed E-state index contributed by atoms with van der Waals surface area (Å²) in [5.41, 5.74) is 2.26. The van der Waals surface area contributed by atoms with Crippen molar-refractivity contribution in [2.75, 3.05) is 18.0 Å². The molecular formula is C15H21Cl2N. The van der Waals surface area contributed by atoms with Crippen molar-refractivity contribution in [1.82, 2.24) is 0 Å². The van der Waals surface area contributed by atoms with Gasteiger partial charge in [0.25, 0.3) is 0 Å². The van der Waals surface area contributed by atoms with Crippen LogP contribution in [0.5, 0.6) is 0 Å². The molecule has 0 radical (unpaired) electrons. The fraction of sp³-hybridized carbons (Fsp3) is 0.600. The van der Waals surface area contributed by atoms with Gasteiger partial charge in [-0.15, -0.1) is 11.6 Å². The summed E-state index contributed by atoms with van der Waals surface area (Å²) < 4.78 is 0. The molecule has 1 nitrogen and oxygen atoms in total. The number of piperidine rings is 1. The maximum Gasteiger partial charge on any atom is 0.0488 e. The van der Waals surface area contributed by atoms with Gasteiger partial charge in [0.1, 0.15) is 0 Å². The number of benzene rings is 1. The molecule has 0 spiro atoms. The fourth-order valence-electron chi connectivity index (χ4n) is 2.73. The van der Waals surface area contributed by atoms with Crippen LogP contribution in [-0.4, -0.2) is 13.1 Å². The molecule has 1 aliphatic rings. The second kappa shape index (κ2) is 6.68. The van der Waals surface area contributed by atoms with E-state index in [2.05, 4.69) is 24.0 Å². The van der Waals surface area contributed by atoms with Crippen molar-refractivity contribution in [2.45, 2.75) is 38.5 Å². The third-order valence-electron chi connectivity index (χ3n) is 3.86. The topological polar surface area (TPSA) is 3.24 Å². The quantitative estimate of drug-likeness (QED) is 0.696. The maximum absolute atomic E-state index is 6.22. The van der Waals surface area contributed by atoms with Crippen molar-refractivity contribution in [3.05, 3.63) is 28.8 Å². The van der Waals surface area contributed by atoms with Gasteiger partial charge >= 0.3 is 0 Å². The number of alkyl halides is 1. The summed E-state index contributed by atoms with van der Waals surface area (Å²) in [5.74, 6) is 1.40. The lowest BCUT2D eigenvalue weighted by atomic mass is 9.92. The Balaban J connectivity index is 1.99. The first-order valence-corrected chi connectivity index (χ1v) is 7.75. The molecule has 0 bridgehead atoms. The number of hydrogen-bond acceptors (Lipinski definition) is 1. The number of nitrogens with zero attached hydrogens (tertiary/aromatic N) is 1. The Morgan fingerprint density at radius 3 is 2.56 bits per heavy atom. The van der Waals surface area contributed by atoms with Gasteiger partial charge in [0.05, 0.1) is 0 Å². The van der Waals surface area contributed by atoms with E-state index < -0.39 is 0 Å². The van der Waals surface area contributed by atoms with Gasteiger partial charge in [-0.25, -0.2) is 0 Å². The summed E-state index contributed by atoms with van der Waals surface area (Å²) >= 11 is 12.0. The average molecular weight is 286 g/mol. The molecule has 3 heteroatoms. The molecule has 0 aromatic heterocycles. The molecule has 0 amide bonds. The number of rotatable bonds is 4.